The monoisotopic (exact) mass is 354 g/mol. The quantitative estimate of drug-likeness (QED) is 0.393. The summed E-state index contributed by atoms with van der Waals surface area (Å²) in [6.07, 6.45) is 2.97. The molecule has 3 rings (SSSR count). The smallest absolute Gasteiger partial charge is 0.336 e. The van der Waals surface area contributed by atoms with E-state index in [1.54, 1.807) is 36.4 Å². The van der Waals surface area contributed by atoms with Crippen molar-refractivity contribution in [3.63, 3.8) is 0 Å². The maximum Gasteiger partial charge on any atom is 0.336 e. The molecule has 0 bridgehead atoms. The molecule has 0 spiro atoms. The number of esters is 1. The van der Waals surface area contributed by atoms with Crippen molar-refractivity contribution in [2.45, 2.75) is 13.5 Å². The molecule has 0 fully saturated rings. The van der Waals surface area contributed by atoms with Gasteiger partial charge in [0.2, 0.25) is 0 Å². The number of carbonyl (C=O) groups is 1. The van der Waals surface area contributed by atoms with Crippen LogP contribution >= 0.6 is 11.6 Å². The molecule has 0 aliphatic heterocycles. The summed E-state index contributed by atoms with van der Waals surface area (Å²) < 4.78 is 10.4. The Labute approximate surface area is 149 Å². The highest BCUT2D eigenvalue weighted by Crippen LogP contribution is 2.19. The van der Waals surface area contributed by atoms with Gasteiger partial charge in [0.05, 0.1) is 0 Å². The van der Waals surface area contributed by atoms with E-state index in [2.05, 4.69) is 0 Å². The van der Waals surface area contributed by atoms with Gasteiger partial charge in [0.25, 0.3) is 0 Å². The van der Waals surface area contributed by atoms with E-state index in [-0.39, 0.29) is 6.61 Å². The molecule has 3 aromatic rings. The Morgan fingerprint density at radius 2 is 1.92 bits per heavy atom. The molecule has 0 unspecified atom stereocenters. The number of rotatable bonds is 4. The van der Waals surface area contributed by atoms with Crippen LogP contribution in [0.5, 0.6) is 0 Å². The zero-order chi connectivity index (χ0) is 17.8. The van der Waals surface area contributed by atoms with Crippen molar-refractivity contribution >= 4 is 34.6 Å². The molecule has 0 amide bonds. The molecule has 25 heavy (non-hydrogen) atoms. The fourth-order valence-corrected chi connectivity index (χ4v) is 2.52. The molecule has 0 aliphatic rings. The van der Waals surface area contributed by atoms with Gasteiger partial charge in [-0.1, -0.05) is 35.9 Å². The van der Waals surface area contributed by atoms with Gasteiger partial charge < -0.3 is 9.15 Å². The summed E-state index contributed by atoms with van der Waals surface area (Å²) in [5.74, 6) is -0.497. The molecular formula is C20H15ClO4. The van der Waals surface area contributed by atoms with Crippen LogP contribution < -0.4 is 5.63 Å². The van der Waals surface area contributed by atoms with Crippen molar-refractivity contribution in [2.24, 2.45) is 0 Å². The first-order chi connectivity index (χ1) is 12.0. The first kappa shape index (κ1) is 17.0. The molecule has 0 radical (unpaired) electrons. The van der Waals surface area contributed by atoms with Gasteiger partial charge in [0.15, 0.2) is 0 Å². The molecule has 126 valence electrons. The highest BCUT2D eigenvalue weighted by Gasteiger charge is 2.08. The Hall–Kier alpha value is -2.85. The second kappa shape index (κ2) is 7.36. The van der Waals surface area contributed by atoms with Gasteiger partial charge >= 0.3 is 11.6 Å². The third-order valence-electron chi connectivity index (χ3n) is 3.64. The average Bonchev–Trinajstić information content (AvgIpc) is 2.58. The average molecular weight is 355 g/mol. The predicted octanol–water partition coefficient (Wildman–Crippen LogP) is 4.51. The van der Waals surface area contributed by atoms with E-state index in [1.807, 2.05) is 19.1 Å². The van der Waals surface area contributed by atoms with Crippen molar-refractivity contribution in [3.8, 4) is 0 Å². The van der Waals surface area contributed by atoms with Crippen LogP contribution in [0.2, 0.25) is 5.02 Å². The van der Waals surface area contributed by atoms with Crippen LogP contribution in [0.1, 0.15) is 16.7 Å². The van der Waals surface area contributed by atoms with E-state index in [9.17, 15) is 9.59 Å². The van der Waals surface area contributed by atoms with Gasteiger partial charge in [0.1, 0.15) is 12.2 Å². The predicted molar refractivity (Wildman–Crippen MR) is 97.5 cm³/mol. The van der Waals surface area contributed by atoms with Crippen LogP contribution in [0.15, 0.2) is 63.8 Å². The lowest BCUT2D eigenvalue weighted by atomic mass is 10.1. The molecule has 2 aromatic carbocycles. The number of hydrogen-bond acceptors (Lipinski definition) is 4. The van der Waals surface area contributed by atoms with Gasteiger partial charge in [-0.2, -0.15) is 0 Å². The summed E-state index contributed by atoms with van der Waals surface area (Å²) in [6.45, 7) is 1.91. The summed E-state index contributed by atoms with van der Waals surface area (Å²) in [4.78, 5) is 23.6. The molecule has 0 saturated carbocycles. The van der Waals surface area contributed by atoms with Crippen LogP contribution in [0.3, 0.4) is 0 Å². The number of fused-ring (bicyclic) bond motifs is 1. The summed E-state index contributed by atoms with van der Waals surface area (Å²) >= 11 is 5.81. The highest BCUT2D eigenvalue weighted by atomic mass is 35.5. The summed E-state index contributed by atoms with van der Waals surface area (Å²) in [5.41, 5.74) is 2.44. The Morgan fingerprint density at radius 1 is 1.16 bits per heavy atom. The maximum atomic E-state index is 11.9. The van der Waals surface area contributed by atoms with Gasteiger partial charge in [-0.15, -0.1) is 0 Å². The van der Waals surface area contributed by atoms with Gasteiger partial charge in [0, 0.05) is 28.1 Å². The third kappa shape index (κ3) is 4.37. The minimum absolute atomic E-state index is 0.00501. The Balaban J connectivity index is 1.73. The number of hydrogen-bond donors (Lipinski definition) is 0. The maximum absolute atomic E-state index is 11.9. The first-order valence-electron chi connectivity index (χ1n) is 7.65. The normalized spacial score (nSPS) is 11.1. The van der Waals surface area contributed by atoms with Crippen molar-refractivity contribution in [1.82, 2.24) is 0 Å². The summed E-state index contributed by atoms with van der Waals surface area (Å²) in [7, 11) is 0. The third-order valence-corrected chi connectivity index (χ3v) is 3.89. The lowest BCUT2D eigenvalue weighted by Gasteiger charge is -2.06. The van der Waals surface area contributed by atoms with E-state index >= 15 is 0 Å². The minimum atomic E-state index is -0.497. The highest BCUT2D eigenvalue weighted by molar-refractivity contribution is 6.30. The van der Waals surface area contributed by atoms with Crippen molar-refractivity contribution in [1.29, 1.82) is 0 Å². The molecule has 0 aliphatic carbocycles. The molecule has 0 N–H and O–H groups in total. The molecule has 1 heterocycles. The van der Waals surface area contributed by atoms with Crippen LogP contribution in [0.25, 0.3) is 17.0 Å². The SMILES string of the molecule is Cc1ccc2c(COC(=O)C=Cc3ccc(Cl)cc3)cc(=O)oc2c1. The standard InChI is InChI=1S/C20H15ClO4/c1-13-2-8-17-15(11-20(23)25-18(17)10-13)12-24-19(22)9-5-14-3-6-16(21)7-4-14/h2-11H,12H2,1H3. The lowest BCUT2D eigenvalue weighted by Crippen LogP contribution is -2.05. The van der Waals surface area contributed by atoms with Crippen LogP contribution in [0.4, 0.5) is 0 Å². The largest absolute Gasteiger partial charge is 0.458 e. The van der Waals surface area contributed by atoms with E-state index in [0.29, 0.717) is 16.2 Å². The first-order valence-corrected chi connectivity index (χ1v) is 8.03. The molecule has 0 atom stereocenters. The number of carbonyl (C=O) groups excluding carboxylic acids is 1. The van der Waals surface area contributed by atoms with Gasteiger partial charge in [-0.3, -0.25) is 0 Å². The Kier molecular flexibility index (Phi) is 5.00. The number of aryl methyl sites for hydroxylation is 1. The topological polar surface area (TPSA) is 56.5 Å². The van der Waals surface area contributed by atoms with Crippen molar-refractivity contribution in [3.05, 3.63) is 86.7 Å². The van der Waals surface area contributed by atoms with Gasteiger partial charge in [-0.05, 0) is 42.3 Å². The van der Waals surface area contributed by atoms with E-state index < -0.39 is 11.6 Å². The molecule has 0 saturated heterocycles. The van der Waals surface area contributed by atoms with E-state index in [1.165, 1.54) is 12.1 Å². The Bertz CT molecular complexity index is 1000. The Morgan fingerprint density at radius 3 is 2.68 bits per heavy atom. The summed E-state index contributed by atoms with van der Waals surface area (Å²) in [6, 6.07) is 14.0. The zero-order valence-corrected chi connectivity index (χ0v) is 14.2. The molecule has 5 heteroatoms. The molecular weight excluding hydrogens is 340 g/mol. The van der Waals surface area contributed by atoms with Crippen molar-refractivity contribution in [2.75, 3.05) is 0 Å². The summed E-state index contributed by atoms with van der Waals surface area (Å²) in [5, 5.41) is 1.38. The number of benzene rings is 2. The van der Waals surface area contributed by atoms with Crippen LogP contribution in [0, 0.1) is 6.92 Å². The van der Waals surface area contributed by atoms with Crippen molar-refractivity contribution < 1.29 is 13.9 Å². The lowest BCUT2D eigenvalue weighted by molar-refractivity contribution is -0.138. The van der Waals surface area contributed by atoms with E-state index in [0.717, 1.165) is 16.5 Å². The van der Waals surface area contributed by atoms with Crippen LogP contribution in [-0.2, 0) is 16.1 Å². The zero-order valence-electron chi connectivity index (χ0n) is 13.5. The molecule has 1 aromatic heterocycles. The second-order valence-corrected chi connectivity index (χ2v) is 6.02. The minimum Gasteiger partial charge on any atom is -0.458 e. The van der Waals surface area contributed by atoms with Gasteiger partial charge in [-0.25, -0.2) is 9.59 Å². The van der Waals surface area contributed by atoms with E-state index in [4.69, 9.17) is 20.8 Å². The molecule has 4 nitrogen and oxygen atoms in total. The fraction of sp³-hybridized carbons (Fsp3) is 0.100. The second-order valence-electron chi connectivity index (χ2n) is 5.58. The van der Waals surface area contributed by atoms with Crippen LogP contribution in [-0.4, -0.2) is 5.97 Å². The number of halogens is 1. The number of ether oxygens (including phenoxy) is 1. The fourth-order valence-electron chi connectivity index (χ4n) is 2.39.